The molecule has 0 atom stereocenters. The minimum Gasteiger partial charge on any atom is -0.509 e. The number of amides is 1. The van der Waals surface area contributed by atoms with Crippen LogP contribution in [0.1, 0.15) is 36.1 Å². The summed E-state index contributed by atoms with van der Waals surface area (Å²) in [4.78, 5) is 18.7. The first-order valence-corrected chi connectivity index (χ1v) is 8.46. The van der Waals surface area contributed by atoms with E-state index in [0.29, 0.717) is 18.8 Å². The zero-order valence-electron chi connectivity index (χ0n) is 15.4. The van der Waals surface area contributed by atoms with Gasteiger partial charge in [0.2, 0.25) is 0 Å². The van der Waals surface area contributed by atoms with Gasteiger partial charge in [0, 0.05) is 0 Å². The van der Waals surface area contributed by atoms with Gasteiger partial charge in [-0.05, 0) is 51.3 Å². The Bertz CT molecular complexity index is 708. The number of carbonyl (C=O) groups excluding carboxylic acids is 1. The largest absolute Gasteiger partial charge is 0.509 e. The highest BCUT2D eigenvalue weighted by molar-refractivity contribution is 6.23. The first kappa shape index (κ1) is 17.9. The predicted molar refractivity (Wildman–Crippen MR) is 92.8 cm³/mol. The summed E-state index contributed by atoms with van der Waals surface area (Å²) in [6, 6.07) is 4.01. The van der Waals surface area contributed by atoms with E-state index in [1.807, 2.05) is 32.9 Å². The molecule has 25 heavy (non-hydrogen) atoms. The molecular weight excluding hydrogens is 322 g/mol. The topological polar surface area (TPSA) is 68.2 Å². The van der Waals surface area contributed by atoms with Gasteiger partial charge in [-0.3, -0.25) is 9.63 Å². The monoisotopic (exact) mass is 347 g/mol. The van der Waals surface area contributed by atoms with Gasteiger partial charge in [-0.25, -0.2) is 5.06 Å². The lowest BCUT2D eigenvalue weighted by molar-refractivity contribution is -0.231. The zero-order chi connectivity index (χ0) is 18.4. The Labute approximate surface area is 147 Å². The lowest BCUT2D eigenvalue weighted by Crippen LogP contribution is -2.45. The van der Waals surface area contributed by atoms with Crippen molar-refractivity contribution in [3.63, 3.8) is 0 Å². The van der Waals surface area contributed by atoms with E-state index in [2.05, 4.69) is 0 Å². The number of hydroxylamine groups is 2. The van der Waals surface area contributed by atoms with E-state index in [1.165, 1.54) is 5.06 Å². The summed E-state index contributed by atoms with van der Waals surface area (Å²) in [5, 5.41) is 12.0. The number of rotatable bonds is 4. The number of benzene rings is 1. The van der Waals surface area contributed by atoms with Gasteiger partial charge in [0.15, 0.2) is 6.29 Å². The standard InChI is InChI=1S/C19H25NO5/c1-11-8-12(2)15(13(3)9-11)16-17(21)19(4,5)20(18(16)22)25-10-14-23-6-7-24-14/h8-9,14,21H,6-7,10H2,1-5H3. The van der Waals surface area contributed by atoms with Crippen LogP contribution in [-0.4, -0.2) is 47.7 Å². The van der Waals surface area contributed by atoms with Crippen LogP contribution in [0.15, 0.2) is 17.9 Å². The molecule has 6 nitrogen and oxygen atoms in total. The number of aliphatic hydroxyl groups excluding tert-OH is 1. The van der Waals surface area contributed by atoms with Gasteiger partial charge in [-0.1, -0.05) is 17.7 Å². The number of aryl methyl sites for hydroxylation is 3. The first-order valence-electron chi connectivity index (χ1n) is 8.46. The fourth-order valence-corrected chi connectivity index (χ4v) is 3.52. The smallest absolute Gasteiger partial charge is 0.282 e. The van der Waals surface area contributed by atoms with Crippen LogP contribution in [0.3, 0.4) is 0 Å². The quantitative estimate of drug-likeness (QED) is 0.907. The Kier molecular flexibility index (Phi) is 4.62. The van der Waals surface area contributed by atoms with Crippen LogP contribution in [0.2, 0.25) is 0 Å². The Morgan fingerprint density at radius 3 is 2.32 bits per heavy atom. The molecule has 2 aliphatic rings. The predicted octanol–water partition coefficient (Wildman–Crippen LogP) is 2.81. The summed E-state index contributed by atoms with van der Waals surface area (Å²) < 4.78 is 10.7. The maximum Gasteiger partial charge on any atom is 0.282 e. The second-order valence-electron chi connectivity index (χ2n) is 7.12. The van der Waals surface area contributed by atoms with Crippen molar-refractivity contribution in [1.82, 2.24) is 5.06 Å². The van der Waals surface area contributed by atoms with Crippen LogP contribution in [0.25, 0.3) is 5.57 Å². The molecule has 1 saturated heterocycles. The molecule has 136 valence electrons. The Balaban J connectivity index is 1.92. The van der Waals surface area contributed by atoms with E-state index in [1.54, 1.807) is 13.8 Å². The number of aliphatic hydroxyl groups is 1. The van der Waals surface area contributed by atoms with E-state index in [9.17, 15) is 9.90 Å². The molecule has 1 N–H and O–H groups in total. The van der Waals surface area contributed by atoms with Gasteiger partial charge >= 0.3 is 0 Å². The van der Waals surface area contributed by atoms with E-state index < -0.39 is 11.8 Å². The summed E-state index contributed by atoms with van der Waals surface area (Å²) in [5.74, 6) is -0.337. The third-order valence-corrected chi connectivity index (χ3v) is 4.68. The van der Waals surface area contributed by atoms with E-state index >= 15 is 0 Å². The van der Waals surface area contributed by atoms with Crippen molar-refractivity contribution >= 4 is 11.5 Å². The Morgan fingerprint density at radius 2 is 1.76 bits per heavy atom. The zero-order valence-corrected chi connectivity index (χ0v) is 15.4. The van der Waals surface area contributed by atoms with Gasteiger partial charge in [0.25, 0.3) is 5.91 Å². The SMILES string of the molecule is Cc1cc(C)c(C2=C(O)C(C)(C)N(OCC3OCCO3)C2=O)c(C)c1. The highest BCUT2D eigenvalue weighted by Gasteiger charge is 2.48. The summed E-state index contributed by atoms with van der Waals surface area (Å²) in [7, 11) is 0. The minimum absolute atomic E-state index is 0.0146. The minimum atomic E-state index is -0.964. The Hall–Kier alpha value is -1.89. The Morgan fingerprint density at radius 1 is 1.20 bits per heavy atom. The molecule has 1 amide bonds. The molecule has 1 aromatic rings. The highest BCUT2D eigenvalue weighted by atomic mass is 16.8. The summed E-state index contributed by atoms with van der Waals surface area (Å²) in [6.45, 7) is 10.5. The maximum atomic E-state index is 13.0. The molecule has 1 fully saturated rings. The molecule has 0 aliphatic carbocycles. The third-order valence-electron chi connectivity index (χ3n) is 4.68. The van der Waals surface area contributed by atoms with Crippen LogP contribution in [-0.2, 0) is 19.1 Å². The van der Waals surface area contributed by atoms with Gasteiger partial charge in [-0.2, -0.15) is 0 Å². The van der Waals surface area contributed by atoms with Gasteiger partial charge in [-0.15, -0.1) is 0 Å². The molecular formula is C19H25NO5. The molecule has 6 heteroatoms. The van der Waals surface area contributed by atoms with Crippen molar-refractivity contribution in [1.29, 1.82) is 0 Å². The summed E-state index contributed by atoms with van der Waals surface area (Å²) in [6.07, 6.45) is -0.488. The van der Waals surface area contributed by atoms with Crippen LogP contribution < -0.4 is 0 Å². The van der Waals surface area contributed by atoms with E-state index in [-0.39, 0.29) is 18.3 Å². The molecule has 2 heterocycles. The number of ether oxygens (including phenoxy) is 2. The lowest BCUT2D eigenvalue weighted by atomic mass is 9.91. The van der Waals surface area contributed by atoms with Gasteiger partial charge in [0.05, 0.1) is 18.8 Å². The normalized spacial score (nSPS) is 20.8. The second-order valence-corrected chi connectivity index (χ2v) is 7.12. The first-order chi connectivity index (χ1) is 11.7. The molecule has 0 bridgehead atoms. The number of hydrogen-bond acceptors (Lipinski definition) is 5. The summed E-state index contributed by atoms with van der Waals surface area (Å²) in [5.41, 5.74) is 3.12. The lowest BCUT2D eigenvalue weighted by Gasteiger charge is -2.31. The van der Waals surface area contributed by atoms with Crippen molar-refractivity contribution < 1.29 is 24.2 Å². The van der Waals surface area contributed by atoms with E-state index in [0.717, 1.165) is 22.3 Å². The number of carbonyl (C=O) groups is 1. The van der Waals surface area contributed by atoms with Gasteiger partial charge in [0.1, 0.15) is 17.9 Å². The highest BCUT2D eigenvalue weighted by Crippen LogP contribution is 2.41. The van der Waals surface area contributed by atoms with Crippen molar-refractivity contribution in [2.24, 2.45) is 0 Å². The summed E-state index contributed by atoms with van der Waals surface area (Å²) >= 11 is 0. The molecule has 0 unspecified atom stereocenters. The van der Waals surface area contributed by atoms with Crippen molar-refractivity contribution in [2.45, 2.75) is 46.4 Å². The second kappa shape index (κ2) is 6.44. The maximum absolute atomic E-state index is 13.0. The van der Waals surface area contributed by atoms with Gasteiger partial charge < -0.3 is 14.6 Å². The van der Waals surface area contributed by atoms with Crippen molar-refractivity contribution in [3.05, 3.63) is 40.1 Å². The fourth-order valence-electron chi connectivity index (χ4n) is 3.52. The molecule has 2 aliphatic heterocycles. The van der Waals surface area contributed by atoms with Crippen LogP contribution in [0.5, 0.6) is 0 Å². The van der Waals surface area contributed by atoms with Crippen LogP contribution in [0, 0.1) is 20.8 Å². The molecule has 0 spiro atoms. The average molecular weight is 347 g/mol. The third kappa shape index (κ3) is 3.05. The molecule has 1 aromatic carbocycles. The van der Waals surface area contributed by atoms with Crippen LogP contribution >= 0.6 is 0 Å². The molecule has 0 saturated carbocycles. The molecule has 0 radical (unpaired) electrons. The van der Waals surface area contributed by atoms with E-state index in [4.69, 9.17) is 14.3 Å². The fraction of sp³-hybridized carbons (Fsp3) is 0.526. The van der Waals surface area contributed by atoms with Crippen molar-refractivity contribution in [2.75, 3.05) is 19.8 Å². The number of nitrogens with zero attached hydrogens (tertiary/aromatic N) is 1. The molecule has 0 aromatic heterocycles. The molecule has 3 rings (SSSR count). The van der Waals surface area contributed by atoms with Crippen molar-refractivity contribution in [3.8, 4) is 0 Å². The average Bonchev–Trinajstić information content (AvgIpc) is 3.07. The van der Waals surface area contributed by atoms with Crippen LogP contribution in [0.4, 0.5) is 0 Å². The number of hydrogen-bond donors (Lipinski definition) is 1.